The normalized spacial score (nSPS) is 18.8. The van der Waals surface area contributed by atoms with Gasteiger partial charge in [0, 0.05) is 25.2 Å². The Hall–Kier alpha value is -1.55. The average molecular weight is 248 g/mol. The summed E-state index contributed by atoms with van der Waals surface area (Å²) in [6.07, 6.45) is 2.58. The summed E-state index contributed by atoms with van der Waals surface area (Å²) in [5, 5.41) is 13.0. The fraction of sp³-hybridized carbons (Fsp3) is 0.500. The van der Waals surface area contributed by atoms with Crippen LogP contribution < -0.4 is 5.32 Å². The van der Waals surface area contributed by atoms with Crippen LogP contribution in [0, 0.1) is 0 Å². The van der Waals surface area contributed by atoms with Gasteiger partial charge in [-0.05, 0) is 25.5 Å². The summed E-state index contributed by atoms with van der Waals surface area (Å²) < 4.78 is 0. The minimum absolute atomic E-state index is 0.0465. The maximum atomic E-state index is 12.0. The van der Waals surface area contributed by atoms with Gasteiger partial charge in [0.05, 0.1) is 6.42 Å². The molecule has 1 heterocycles. The van der Waals surface area contributed by atoms with Gasteiger partial charge in [-0.1, -0.05) is 18.2 Å². The zero-order chi connectivity index (χ0) is 13.0. The van der Waals surface area contributed by atoms with Crippen LogP contribution in [0.5, 0.6) is 5.75 Å². The highest BCUT2D eigenvalue weighted by Crippen LogP contribution is 2.17. The lowest BCUT2D eigenvalue weighted by Crippen LogP contribution is -2.39. The number of rotatable bonds is 4. The van der Waals surface area contributed by atoms with Gasteiger partial charge < -0.3 is 15.3 Å². The minimum Gasteiger partial charge on any atom is -0.508 e. The maximum Gasteiger partial charge on any atom is 0.226 e. The molecule has 1 aromatic rings. The Labute approximate surface area is 108 Å². The minimum atomic E-state index is 0.0465. The molecular formula is C14H20N2O2. The van der Waals surface area contributed by atoms with Crippen molar-refractivity contribution in [2.24, 2.45) is 0 Å². The van der Waals surface area contributed by atoms with Crippen molar-refractivity contribution in [1.29, 1.82) is 0 Å². The van der Waals surface area contributed by atoms with E-state index >= 15 is 0 Å². The van der Waals surface area contributed by atoms with Gasteiger partial charge in [-0.2, -0.15) is 0 Å². The molecular weight excluding hydrogens is 228 g/mol. The van der Waals surface area contributed by atoms with E-state index in [1.54, 1.807) is 23.1 Å². The van der Waals surface area contributed by atoms with Gasteiger partial charge in [0.25, 0.3) is 0 Å². The Balaban J connectivity index is 1.89. The van der Waals surface area contributed by atoms with Gasteiger partial charge in [-0.25, -0.2) is 0 Å². The molecule has 0 radical (unpaired) electrons. The van der Waals surface area contributed by atoms with Crippen molar-refractivity contribution in [1.82, 2.24) is 10.2 Å². The topological polar surface area (TPSA) is 52.6 Å². The van der Waals surface area contributed by atoms with Crippen molar-refractivity contribution in [3.05, 3.63) is 29.8 Å². The van der Waals surface area contributed by atoms with E-state index in [1.807, 2.05) is 13.1 Å². The number of amides is 1. The third-order valence-electron chi connectivity index (χ3n) is 3.42. The summed E-state index contributed by atoms with van der Waals surface area (Å²) >= 11 is 0. The molecule has 2 rings (SSSR count). The molecule has 0 aliphatic carbocycles. The highest BCUT2D eigenvalue weighted by molar-refractivity contribution is 5.79. The van der Waals surface area contributed by atoms with E-state index in [2.05, 4.69) is 5.32 Å². The Bertz CT molecular complexity index is 414. The van der Waals surface area contributed by atoms with Crippen LogP contribution >= 0.6 is 0 Å². The molecule has 4 nitrogen and oxygen atoms in total. The first-order valence-electron chi connectivity index (χ1n) is 6.41. The Kier molecular flexibility index (Phi) is 4.20. The number of carbonyl (C=O) groups excluding carboxylic acids is 1. The number of phenols is 1. The fourth-order valence-corrected chi connectivity index (χ4v) is 2.30. The molecule has 1 saturated heterocycles. The average Bonchev–Trinajstić information content (AvgIpc) is 2.84. The van der Waals surface area contributed by atoms with E-state index in [0.29, 0.717) is 11.6 Å². The molecule has 4 heteroatoms. The number of aromatic hydroxyl groups is 1. The highest BCUT2D eigenvalue weighted by Gasteiger charge is 2.19. The van der Waals surface area contributed by atoms with Crippen LogP contribution in [0.2, 0.25) is 0 Å². The molecule has 1 unspecified atom stereocenters. The van der Waals surface area contributed by atoms with Crippen molar-refractivity contribution in [2.75, 3.05) is 20.1 Å². The zero-order valence-electron chi connectivity index (χ0n) is 10.7. The van der Waals surface area contributed by atoms with Gasteiger partial charge in [0.1, 0.15) is 5.75 Å². The van der Waals surface area contributed by atoms with Crippen LogP contribution in [0.15, 0.2) is 24.3 Å². The first-order chi connectivity index (χ1) is 8.66. The molecule has 1 atom stereocenters. The number of likely N-dealkylation sites (N-methyl/N-ethyl adjacent to an activating group) is 1. The summed E-state index contributed by atoms with van der Waals surface area (Å²) in [4.78, 5) is 13.8. The summed E-state index contributed by atoms with van der Waals surface area (Å²) in [5.41, 5.74) is 0.689. The molecule has 1 amide bonds. The number of hydrogen-bond acceptors (Lipinski definition) is 3. The SMILES string of the molecule is CN(CC1CCCN1)C(=O)Cc1ccccc1O. The molecule has 1 aliphatic heterocycles. The smallest absolute Gasteiger partial charge is 0.226 e. The molecule has 0 bridgehead atoms. The molecule has 1 aliphatic rings. The van der Waals surface area contributed by atoms with Crippen LogP contribution in [0.1, 0.15) is 18.4 Å². The number of benzene rings is 1. The lowest BCUT2D eigenvalue weighted by Gasteiger charge is -2.21. The van der Waals surface area contributed by atoms with E-state index in [4.69, 9.17) is 0 Å². The molecule has 98 valence electrons. The summed E-state index contributed by atoms with van der Waals surface area (Å²) in [6.45, 7) is 1.79. The molecule has 1 aromatic carbocycles. The number of phenolic OH excluding ortho intramolecular Hbond substituents is 1. The maximum absolute atomic E-state index is 12.0. The van der Waals surface area contributed by atoms with Crippen molar-refractivity contribution >= 4 is 5.91 Å². The van der Waals surface area contributed by atoms with Crippen LogP contribution in [-0.2, 0) is 11.2 Å². The van der Waals surface area contributed by atoms with Crippen molar-refractivity contribution in [3.63, 3.8) is 0 Å². The third kappa shape index (κ3) is 3.23. The largest absolute Gasteiger partial charge is 0.508 e. The standard InChI is InChI=1S/C14H20N2O2/c1-16(10-12-6-4-8-15-12)14(18)9-11-5-2-3-7-13(11)17/h2-3,5,7,12,15,17H,4,6,8-10H2,1H3. The van der Waals surface area contributed by atoms with E-state index in [0.717, 1.165) is 19.5 Å². The van der Waals surface area contributed by atoms with E-state index in [1.165, 1.54) is 6.42 Å². The fourth-order valence-electron chi connectivity index (χ4n) is 2.30. The quantitative estimate of drug-likeness (QED) is 0.840. The monoisotopic (exact) mass is 248 g/mol. The summed E-state index contributed by atoms with van der Waals surface area (Å²) in [6, 6.07) is 7.41. The Morgan fingerprint density at radius 2 is 2.28 bits per heavy atom. The number of para-hydroxylation sites is 1. The first-order valence-corrected chi connectivity index (χ1v) is 6.41. The van der Waals surface area contributed by atoms with E-state index < -0.39 is 0 Å². The summed E-state index contributed by atoms with van der Waals surface area (Å²) in [7, 11) is 1.82. The van der Waals surface area contributed by atoms with Crippen LogP contribution in [0.4, 0.5) is 0 Å². The van der Waals surface area contributed by atoms with E-state index in [-0.39, 0.29) is 18.1 Å². The third-order valence-corrected chi connectivity index (χ3v) is 3.42. The van der Waals surface area contributed by atoms with Gasteiger partial charge in [0.2, 0.25) is 5.91 Å². The van der Waals surface area contributed by atoms with Gasteiger partial charge in [-0.3, -0.25) is 4.79 Å². The van der Waals surface area contributed by atoms with Crippen LogP contribution in [0.25, 0.3) is 0 Å². The van der Waals surface area contributed by atoms with Gasteiger partial charge in [-0.15, -0.1) is 0 Å². The second-order valence-electron chi connectivity index (χ2n) is 4.87. The molecule has 2 N–H and O–H groups in total. The predicted molar refractivity (Wildman–Crippen MR) is 70.5 cm³/mol. The Morgan fingerprint density at radius 1 is 1.50 bits per heavy atom. The van der Waals surface area contributed by atoms with Gasteiger partial charge >= 0.3 is 0 Å². The Morgan fingerprint density at radius 3 is 2.94 bits per heavy atom. The molecule has 0 saturated carbocycles. The van der Waals surface area contributed by atoms with Crippen LogP contribution in [0.3, 0.4) is 0 Å². The van der Waals surface area contributed by atoms with Gasteiger partial charge in [0.15, 0.2) is 0 Å². The number of hydrogen-bond donors (Lipinski definition) is 2. The second kappa shape index (κ2) is 5.87. The lowest BCUT2D eigenvalue weighted by atomic mass is 10.1. The molecule has 0 aromatic heterocycles. The lowest BCUT2D eigenvalue weighted by molar-refractivity contribution is -0.129. The molecule has 18 heavy (non-hydrogen) atoms. The number of carbonyl (C=O) groups is 1. The zero-order valence-corrected chi connectivity index (χ0v) is 10.7. The highest BCUT2D eigenvalue weighted by atomic mass is 16.3. The first kappa shape index (κ1) is 12.9. The van der Waals surface area contributed by atoms with Crippen LogP contribution in [-0.4, -0.2) is 42.1 Å². The van der Waals surface area contributed by atoms with E-state index in [9.17, 15) is 9.90 Å². The number of nitrogens with zero attached hydrogens (tertiary/aromatic N) is 1. The van der Waals surface area contributed by atoms with Crippen molar-refractivity contribution in [2.45, 2.75) is 25.3 Å². The van der Waals surface area contributed by atoms with Crippen molar-refractivity contribution < 1.29 is 9.90 Å². The van der Waals surface area contributed by atoms with Crippen molar-refractivity contribution in [3.8, 4) is 5.75 Å². The predicted octanol–water partition coefficient (Wildman–Crippen LogP) is 1.15. The summed E-state index contributed by atoms with van der Waals surface area (Å²) in [5.74, 6) is 0.239. The number of nitrogens with one attached hydrogen (secondary N) is 1. The molecule has 0 spiro atoms. The second-order valence-corrected chi connectivity index (χ2v) is 4.87. The molecule has 1 fully saturated rings.